The lowest BCUT2D eigenvalue weighted by Crippen LogP contribution is -2.50. The van der Waals surface area contributed by atoms with Gasteiger partial charge in [0, 0.05) is 13.0 Å². The maximum absolute atomic E-state index is 12.0. The van der Waals surface area contributed by atoms with E-state index in [0.29, 0.717) is 12.2 Å². The van der Waals surface area contributed by atoms with Gasteiger partial charge in [0.2, 0.25) is 5.91 Å². The number of carboxylic acids is 1. The van der Waals surface area contributed by atoms with Crippen LogP contribution in [0.3, 0.4) is 0 Å². The summed E-state index contributed by atoms with van der Waals surface area (Å²) in [5.74, 6) is -1.42. The molecular weight excluding hydrogens is 272 g/mol. The molecular formula is C15H18N2O4. The van der Waals surface area contributed by atoms with Crippen LogP contribution in [0.2, 0.25) is 0 Å². The molecule has 0 unspecified atom stereocenters. The van der Waals surface area contributed by atoms with E-state index in [-0.39, 0.29) is 23.3 Å². The Balaban J connectivity index is 2.57. The van der Waals surface area contributed by atoms with Gasteiger partial charge < -0.3 is 10.4 Å². The zero-order chi connectivity index (χ0) is 15.8. The van der Waals surface area contributed by atoms with E-state index in [1.165, 1.54) is 6.07 Å². The van der Waals surface area contributed by atoms with Gasteiger partial charge in [0.05, 0.1) is 11.3 Å². The minimum absolute atomic E-state index is 0.0589. The third kappa shape index (κ3) is 3.04. The Morgan fingerprint density at radius 1 is 1.24 bits per heavy atom. The number of carbonyl (C=O) groups is 3. The van der Waals surface area contributed by atoms with Gasteiger partial charge in [-0.25, -0.2) is 14.5 Å². The number of aromatic carboxylic acids is 1. The van der Waals surface area contributed by atoms with E-state index in [0.717, 1.165) is 10.5 Å². The highest BCUT2D eigenvalue weighted by molar-refractivity contribution is 6.16. The SMILES string of the molecule is CC(C)(C)c1cc(C(=O)O)cc(N2C(=O)CCNC2=O)c1. The first kappa shape index (κ1) is 15.0. The number of rotatable bonds is 2. The molecule has 112 valence electrons. The number of carbonyl (C=O) groups excluding carboxylic acids is 2. The summed E-state index contributed by atoms with van der Waals surface area (Å²) < 4.78 is 0. The summed E-state index contributed by atoms with van der Waals surface area (Å²) in [7, 11) is 0. The highest BCUT2D eigenvalue weighted by Gasteiger charge is 2.29. The van der Waals surface area contributed by atoms with Crippen molar-refractivity contribution >= 4 is 23.6 Å². The summed E-state index contributed by atoms with van der Waals surface area (Å²) in [6.45, 7) is 6.13. The van der Waals surface area contributed by atoms with Crippen LogP contribution in [0, 0.1) is 0 Å². The van der Waals surface area contributed by atoms with Crippen LogP contribution in [-0.4, -0.2) is 29.6 Å². The molecule has 0 atom stereocenters. The van der Waals surface area contributed by atoms with Crippen molar-refractivity contribution in [1.82, 2.24) is 5.32 Å². The molecule has 0 aliphatic carbocycles. The lowest BCUT2D eigenvalue weighted by atomic mass is 9.85. The molecule has 1 saturated heterocycles. The van der Waals surface area contributed by atoms with Gasteiger partial charge in [-0.15, -0.1) is 0 Å². The largest absolute Gasteiger partial charge is 0.478 e. The molecule has 21 heavy (non-hydrogen) atoms. The summed E-state index contributed by atoms with van der Waals surface area (Å²) in [6.07, 6.45) is 0.202. The van der Waals surface area contributed by atoms with Crippen LogP contribution in [0.4, 0.5) is 10.5 Å². The molecule has 1 aliphatic heterocycles. The van der Waals surface area contributed by atoms with Gasteiger partial charge in [-0.05, 0) is 29.2 Å². The van der Waals surface area contributed by atoms with Crippen LogP contribution in [0.5, 0.6) is 0 Å². The molecule has 6 heteroatoms. The predicted octanol–water partition coefficient (Wildman–Crippen LogP) is 2.13. The Labute approximate surface area is 122 Å². The molecule has 1 fully saturated rings. The van der Waals surface area contributed by atoms with Crippen molar-refractivity contribution < 1.29 is 19.5 Å². The Hall–Kier alpha value is -2.37. The predicted molar refractivity (Wildman–Crippen MR) is 77.6 cm³/mol. The number of carboxylic acid groups (broad SMARTS) is 1. The van der Waals surface area contributed by atoms with Crippen molar-refractivity contribution in [2.75, 3.05) is 11.4 Å². The molecule has 1 heterocycles. The lowest BCUT2D eigenvalue weighted by molar-refractivity contribution is -0.118. The molecule has 2 rings (SSSR count). The average Bonchev–Trinajstić information content (AvgIpc) is 2.37. The number of benzene rings is 1. The number of imide groups is 1. The maximum atomic E-state index is 12.0. The third-order valence-electron chi connectivity index (χ3n) is 3.36. The van der Waals surface area contributed by atoms with Crippen molar-refractivity contribution in [2.24, 2.45) is 0 Å². The minimum Gasteiger partial charge on any atom is -0.478 e. The zero-order valence-corrected chi connectivity index (χ0v) is 12.3. The zero-order valence-electron chi connectivity index (χ0n) is 12.3. The molecule has 6 nitrogen and oxygen atoms in total. The van der Waals surface area contributed by atoms with E-state index in [1.54, 1.807) is 12.1 Å². The highest BCUT2D eigenvalue weighted by Crippen LogP contribution is 2.29. The second-order valence-electron chi connectivity index (χ2n) is 6.03. The van der Waals surface area contributed by atoms with Gasteiger partial charge in [-0.2, -0.15) is 0 Å². The Morgan fingerprint density at radius 2 is 1.90 bits per heavy atom. The van der Waals surface area contributed by atoms with Crippen molar-refractivity contribution in [3.63, 3.8) is 0 Å². The molecule has 0 radical (unpaired) electrons. The van der Waals surface area contributed by atoms with E-state index in [1.807, 2.05) is 20.8 Å². The van der Waals surface area contributed by atoms with Crippen LogP contribution < -0.4 is 10.2 Å². The Morgan fingerprint density at radius 3 is 2.43 bits per heavy atom. The Kier molecular flexibility index (Phi) is 3.72. The lowest BCUT2D eigenvalue weighted by Gasteiger charge is -2.28. The second-order valence-corrected chi connectivity index (χ2v) is 6.03. The monoisotopic (exact) mass is 290 g/mol. The molecule has 1 aromatic rings. The highest BCUT2D eigenvalue weighted by atomic mass is 16.4. The number of urea groups is 1. The fraction of sp³-hybridized carbons (Fsp3) is 0.400. The number of hydrogen-bond donors (Lipinski definition) is 2. The molecule has 0 saturated carbocycles. The summed E-state index contributed by atoms with van der Waals surface area (Å²) in [5, 5.41) is 11.8. The maximum Gasteiger partial charge on any atom is 0.335 e. The second kappa shape index (κ2) is 5.20. The molecule has 0 spiro atoms. The number of hydrogen-bond acceptors (Lipinski definition) is 3. The van der Waals surface area contributed by atoms with Crippen molar-refractivity contribution in [3.8, 4) is 0 Å². The summed E-state index contributed by atoms with van der Waals surface area (Å²) in [4.78, 5) is 36.1. The van der Waals surface area contributed by atoms with Crippen LogP contribution in [-0.2, 0) is 10.2 Å². The Bertz CT molecular complexity index is 601. The van der Waals surface area contributed by atoms with Gasteiger partial charge in [0.15, 0.2) is 0 Å². The number of amides is 3. The normalized spacial score (nSPS) is 15.9. The topological polar surface area (TPSA) is 86.7 Å². The van der Waals surface area contributed by atoms with Gasteiger partial charge in [-0.1, -0.05) is 20.8 Å². The van der Waals surface area contributed by atoms with E-state index in [9.17, 15) is 19.5 Å². The molecule has 2 N–H and O–H groups in total. The number of nitrogens with one attached hydrogen (secondary N) is 1. The smallest absolute Gasteiger partial charge is 0.335 e. The van der Waals surface area contributed by atoms with E-state index in [4.69, 9.17) is 0 Å². The first-order valence-corrected chi connectivity index (χ1v) is 6.70. The fourth-order valence-corrected chi connectivity index (χ4v) is 2.14. The van der Waals surface area contributed by atoms with E-state index >= 15 is 0 Å². The van der Waals surface area contributed by atoms with Gasteiger partial charge >= 0.3 is 12.0 Å². The first-order chi connectivity index (χ1) is 9.70. The molecule has 1 aliphatic rings. The summed E-state index contributed by atoms with van der Waals surface area (Å²) in [5.41, 5.74) is 0.810. The standard InChI is InChI=1S/C15H18N2O4/c1-15(2,3)10-6-9(13(19)20)7-11(8-10)17-12(18)4-5-16-14(17)21/h6-8H,4-5H2,1-3H3,(H,16,21)(H,19,20). The van der Waals surface area contributed by atoms with Crippen LogP contribution in [0.15, 0.2) is 18.2 Å². The first-order valence-electron chi connectivity index (χ1n) is 6.70. The van der Waals surface area contributed by atoms with E-state index < -0.39 is 12.0 Å². The minimum atomic E-state index is -1.09. The number of anilines is 1. The van der Waals surface area contributed by atoms with Crippen LogP contribution >= 0.6 is 0 Å². The van der Waals surface area contributed by atoms with Crippen LogP contribution in [0.25, 0.3) is 0 Å². The van der Waals surface area contributed by atoms with Crippen molar-refractivity contribution in [3.05, 3.63) is 29.3 Å². The molecule has 1 aromatic carbocycles. The summed E-state index contributed by atoms with van der Waals surface area (Å²) in [6, 6.07) is 4.09. The van der Waals surface area contributed by atoms with Gasteiger partial charge in [-0.3, -0.25) is 4.79 Å². The van der Waals surface area contributed by atoms with Gasteiger partial charge in [0.1, 0.15) is 0 Å². The van der Waals surface area contributed by atoms with Crippen LogP contribution in [0.1, 0.15) is 43.1 Å². The van der Waals surface area contributed by atoms with E-state index in [2.05, 4.69) is 5.32 Å². The average molecular weight is 290 g/mol. The van der Waals surface area contributed by atoms with Crippen molar-refractivity contribution in [1.29, 1.82) is 0 Å². The molecule has 3 amide bonds. The molecule has 0 aromatic heterocycles. The molecule has 0 bridgehead atoms. The van der Waals surface area contributed by atoms with Crippen molar-refractivity contribution in [2.45, 2.75) is 32.6 Å². The quantitative estimate of drug-likeness (QED) is 0.873. The summed E-state index contributed by atoms with van der Waals surface area (Å²) >= 11 is 0. The third-order valence-corrected chi connectivity index (χ3v) is 3.36. The number of nitrogens with zero attached hydrogens (tertiary/aromatic N) is 1. The fourth-order valence-electron chi connectivity index (χ4n) is 2.14. The van der Waals surface area contributed by atoms with Gasteiger partial charge in [0.25, 0.3) is 0 Å².